The van der Waals surface area contributed by atoms with E-state index in [1.165, 1.54) is 44.9 Å². The third-order valence-corrected chi connectivity index (χ3v) is 8.89. The second-order valence-electron chi connectivity index (χ2n) is 9.79. The quantitative estimate of drug-likeness (QED) is 0.728. The Balaban J connectivity index is 1.63. The predicted octanol–water partition coefficient (Wildman–Crippen LogP) is 3.99. The lowest BCUT2D eigenvalue weighted by Crippen LogP contribution is -2.64. The molecule has 7 atom stereocenters. The van der Waals surface area contributed by atoms with Crippen molar-refractivity contribution in [2.24, 2.45) is 29.1 Å². The van der Waals surface area contributed by atoms with Crippen LogP contribution >= 0.6 is 0 Å². The number of rotatable bonds is 0. The molecule has 3 nitrogen and oxygen atoms in total. The molecule has 1 saturated heterocycles. The lowest BCUT2D eigenvalue weighted by Gasteiger charge is -2.64. The highest BCUT2D eigenvalue weighted by Gasteiger charge is 2.59. The molecular weight excluding hydrogens is 298 g/mol. The molecule has 4 aliphatic rings. The maximum absolute atomic E-state index is 12.2. The van der Waals surface area contributed by atoms with Crippen LogP contribution < -0.4 is 0 Å². The van der Waals surface area contributed by atoms with E-state index in [1.807, 2.05) is 0 Å². The SMILES string of the molecule is CC(=O)N1CCC[C@H]2[C@@H]3CC[C@H]4C[C@H](O)CC[C@]4(C)[C@H]3CC[C@@]21C. The maximum Gasteiger partial charge on any atom is 0.219 e. The minimum absolute atomic E-state index is 0.0589. The molecule has 0 aromatic heterocycles. The average molecular weight is 334 g/mol. The molecule has 136 valence electrons. The Morgan fingerprint density at radius 1 is 1.04 bits per heavy atom. The number of likely N-dealkylation sites (tertiary alicyclic amines) is 1. The molecule has 0 radical (unpaired) electrons. The van der Waals surface area contributed by atoms with Gasteiger partial charge in [-0.2, -0.15) is 0 Å². The maximum atomic E-state index is 12.2. The van der Waals surface area contributed by atoms with E-state index in [0.717, 1.165) is 37.1 Å². The van der Waals surface area contributed by atoms with Crippen LogP contribution in [0.25, 0.3) is 0 Å². The zero-order valence-electron chi connectivity index (χ0n) is 15.8. The number of carbonyl (C=O) groups is 1. The van der Waals surface area contributed by atoms with Crippen LogP contribution in [0.3, 0.4) is 0 Å². The molecule has 1 heterocycles. The van der Waals surface area contributed by atoms with E-state index in [4.69, 9.17) is 0 Å². The summed E-state index contributed by atoms with van der Waals surface area (Å²) in [7, 11) is 0. The Kier molecular flexibility index (Phi) is 4.02. The van der Waals surface area contributed by atoms with Crippen LogP contribution in [0.2, 0.25) is 0 Å². The highest BCUT2D eigenvalue weighted by Crippen LogP contribution is 2.63. The number of fused-ring (bicyclic) bond motifs is 5. The van der Waals surface area contributed by atoms with Crippen molar-refractivity contribution in [3.05, 3.63) is 0 Å². The van der Waals surface area contributed by atoms with E-state index in [0.29, 0.717) is 11.3 Å². The number of carbonyl (C=O) groups excluding carboxylic acids is 1. The number of hydrogen-bond acceptors (Lipinski definition) is 2. The predicted molar refractivity (Wildman–Crippen MR) is 95.4 cm³/mol. The van der Waals surface area contributed by atoms with E-state index in [1.54, 1.807) is 6.92 Å². The van der Waals surface area contributed by atoms with Crippen molar-refractivity contribution in [3.8, 4) is 0 Å². The number of amides is 1. The molecule has 3 aliphatic carbocycles. The fourth-order valence-corrected chi connectivity index (χ4v) is 7.64. The standard InChI is InChI=1S/C21H35NO2/c1-14(23)22-12-4-5-19-17-7-6-15-13-16(24)8-10-20(15,2)18(17)9-11-21(19,22)3/h15-19,24H,4-13H2,1-3H3/t15-,16+,17+,18-,19-,20-,21-/m0/s1. The third kappa shape index (κ3) is 2.29. The fraction of sp³-hybridized carbons (Fsp3) is 0.952. The smallest absolute Gasteiger partial charge is 0.219 e. The Bertz CT molecular complexity index is 520. The van der Waals surface area contributed by atoms with Gasteiger partial charge in [0.25, 0.3) is 0 Å². The Morgan fingerprint density at radius 2 is 1.83 bits per heavy atom. The van der Waals surface area contributed by atoms with E-state index in [9.17, 15) is 9.90 Å². The zero-order chi connectivity index (χ0) is 17.1. The van der Waals surface area contributed by atoms with Gasteiger partial charge >= 0.3 is 0 Å². The minimum atomic E-state index is -0.0589. The van der Waals surface area contributed by atoms with E-state index in [-0.39, 0.29) is 17.6 Å². The van der Waals surface area contributed by atoms with E-state index in [2.05, 4.69) is 18.7 Å². The number of aliphatic hydroxyl groups excluding tert-OH is 1. The zero-order valence-corrected chi connectivity index (χ0v) is 15.8. The van der Waals surface area contributed by atoms with E-state index >= 15 is 0 Å². The summed E-state index contributed by atoms with van der Waals surface area (Å²) in [4.78, 5) is 14.5. The molecule has 3 heteroatoms. The first-order valence-electron chi connectivity index (χ1n) is 10.3. The van der Waals surface area contributed by atoms with Crippen molar-refractivity contribution in [1.82, 2.24) is 4.90 Å². The number of piperidine rings is 1. The lowest BCUT2D eigenvalue weighted by molar-refractivity contribution is -0.165. The molecular formula is C21H35NO2. The highest BCUT2D eigenvalue weighted by molar-refractivity contribution is 5.74. The van der Waals surface area contributed by atoms with Crippen LogP contribution in [0.1, 0.15) is 78.6 Å². The molecule has 0 spiro atoms. The fourth-order valence-electron chi connectivity index (χ4n) is 7.64. The van der Waals surface area contributed by atoms with E-state index < -0.39 is 0 Å². The van der Waals surface area contributed by atoms with Gasteiger partial charge in [0, 0.05) is 19.0 Å². The van der Waals surface area contributed by atoms with Crippen molar-refractivity contribution in [2.75, 3.05) is 6.54 Å². The average Bonchev–Trinajstić information content (AvgIpc) is 2.54. The summed E-state index contributed by atoms with van der Waals surface area (Å²) in [5, 5.41) is 10.1. The largest absolute Gasteiger partial charge is 0.393 e. The van der Waals surface area contributed by atoms with Gasteiger partial charge in [0.05, 0.1) is 6.10 Å². The van der Waals surface area contributed by atoms with Gasteiger partial charge in [0.15, 0.2) is 0 Å². The van der Waals surface area contributed by atoms with Crippen molar-refractivity contribution < 1.29 is 9.90 Å². The summed E-state index contributed by atoms with van der Waals surface area (Å²) in [5.41, 5.74) is 0.532. The van der Waals surface area contributed by atoms with Gasteiger partial charge in [-0.25, -0.2) is 0 Å². The van der Waals surface area contributed by atoms with Gasteiger partial charge in [-0.3, -0.25) is 4.79 Å². The molecule has 3 saturated carbocycles. The molecule has 0 aromatic rings. The second kappa shape index (κ2) is 5.72. The normalized spacial score (nSPS) is 51.3. The van der Waals surface area contributed by atoms with Crippen LogP contribution in [0, 0.1) is 29.1 Å². The molecule has 4 fully saturated rings. The van der Waals surface area contributed by atoms with Crippen LogP contribution in [0.5, 0.6) is 0 Å². The number of hydrogen-bond donors (Lipinski definition) is 1. The van der Waals surface area contributed by atoms with Crippen molar-refractivity contribution >= 4 is 5.91 Å². The number of nitrogens with zero attached hydrogens (tertiary/aromatic N) is 1. The molecule has 0 aromatic carbocycles. The molecule has 1 N–H and O–H groups in total. The highest BCUT2D eigenvalue weighted by atomic mass is 16.3. The first-order chi connectivity index (χ1) is 11.4. The monoisotopic (exact) mass is 333 g/mol. The molecule has 24 heavy (non-hydrogen) atoms. The number of aliphatic hydroxyl groups is 1. The first-order valence-corrected chi connectivity index (χ1v) is 10.3. The third-order valence-electron chi connectivity index (χ3n) is 8.89. The lowest BCUT2D eigenvalue weighted by atomic mass is 9.45. The van der Waals surface area contributed by atoms with Gasteiger partial charge in [-0.1, -0.05) is 6.92 Å². The second-order valence-corrected chi connectivity index (χ2v) is 9.79. The minimum Gasteiger partial charge on any atom is -0.393 e. The van der Waals surface area contributed by atoms with Crippen LogP contribution in [0.15, 0.2) is 0 Å². The van der Waals surface area contributed by atoms with Crippen LogP contribution in [-0.2, 0) is 4.79 Å². The summed E-state index contributed by atoms with van der Waals surface area (Å²) in [6.45, 7) is 7.65. The molecule has 1 aliphatic heterocycles. The van der Waals surface area contributed by atoms with Crippen molar-refractivity contribution in [2.45, 2.75) is 90.2 Å². The van der Waals surface area contributed by atoms with Gasteiger partial charge in [0.2, 0.25) is 5.91 Å². The molecule has 0 bridgehead atoms. The molecule has 0 unspecified atom stereocenters. The van der Waals surface area contributed by atoms with Gasteiger partial charge in [-0.05, 0) is 93.8 Å². The molecule has 1 amide bonds. The van der Waals surface area contributed by atoms with Crippen molar-refractivity contribution in [3.63, 3.8) is 0 Å². The Hall–Kier alpha value is -0.570. The molecule has 4 rings (SSSR count). The first kappa shape index (κ1) is 16.9. The Labute approximate surface area is 147 Å². The summed E-state index contributed by atoms with van der Waals surface area (Å²) in [6.07, 6.45) is 10.8. The van der Waals surface area contributed by atoms with Crippen LogP contribution in [-0.4, -0.2) is 34.1 Å². The van der Waals surface area contributed by atoms with Crippen LogP contribution in [0.4, 0.5) is 0 Å². The Morgan fingerprint density at radius 3 is 2.58 bits per heavy atom. The van der Waals surface area contributed by atoms with Gasteiger partial charge in [-0.15, -0.1) is 0 Å². The summed E-state index contributed by atoms with van der Waals surface area (Å²) < 4.78 is 0. The van der Waals surface area contributed by atoms with Gasteiger partial charge in [0.1, 0.15) is 0 Å². The summed E-state index contributed by atoms with van der Waals surface area (Å²) in [6, 6.07) is 0. The summed E-state index contributed by atoms with van der Waals surface area (Å²) >= 11 is 0. The summed E-state index contributed by atoms with van der Waals surface area (Å²) in [5.74, 6) is 3.30. The van der Waals surface area contributed by atoms with Gasteiger partial charge < -0.3 is 10.0 Å². The topological polar surface area (TPSA) is 40.5 Å². The van der Waals surface area contributed by atoms with Crippen molar-refractivity contribution in [1.29, 1.82) is 0 Å².